The smallest absolute Gasteiger partial charge is 0.312 e. The first kappa shape index (κ1) is 24.8. The zero-order valence-corrected chi connectivity index (χ0v) is 20.1. The summed E-state index contributed by atoms with van der Waals surface area (Å²) < 4.78 is 12.9. The van der Waals surface area contributed by atoms with E-state index in [-0.39, 0.29) is 17.6 Å². The number of hydrogen-bond donors (Lipinski definition) is 1. The second kappa shape index (κ2) is 10.8. The van der Waals surface area contributed by atoms with Crippen molar-refractivity contribution < 1.29 is 19.2 Å². The van der Waals surface area contributed by atoms with Gasteiger partial charge in [-0.2, -0.15) is 5.10 Å². The third kappa shape index (κ3) is 5.54. The van der Waals surface area contributed by atoms with E-state index in [1.165, 1.54) is 0 Å². The molecule has 0 aliphatic rings. The van der Waals surface area contributed by atoms with Crippen molar-refractivity contribution in [3.8, 4) is 11.5 Å². The van der Waals surface area contributed by atoms with Gasteiger partial charge in [0.05, 0.1) is 30.7 Å². The van der Waals surface area contributed by atoms with Gasteiger partial charge in [0.2, 0.25) is 0 Å². The van der Waals surface area contributed by atoms with Gasteiger partial charge in [0.25, 0.3) is 5.91 Å². The van der Waals surface area contributed by atoms with Crippen LogP contribution >= 0.6 is 0 Å². The van der Waals surface area contributed by atoms with E-state index in [2.05, 4.69) is 10.4 Å². The highest BCUT2D eigenvalue weighted by atomic mass is 16.6. The lowest BCUT2D eigenvalue weighted by Gasteiger charge is -2.17. The molecule has 0 aliphatic heterocycles. The molecule has 0 saturated heterocycles. The SMILES string of the molecule is CCOc1ccc(C(C)NC(=O)c2ccc(Cn3nc(C)c([N+](=O)[O-])c3C)cc2)cc1OCC. The number of nitrogens with zero attached hydrogens (tertiary/aromatic N) is 3. The molecule has 0 aliphatic carbocycles. The predicted octanol–water partition coefficient (Wildman–Crippen LogP) is 4.74. The average molecular weight is 467 g/mol. The second-order valence-electron chi connectivity index (χ2n) is 7.90. The van der Waals surface area contributed by atoms with Crippen LogP contribution in [-0.2, 0) is 6.54 Å². The summed E-state index contributed by atoms with van der Waals surface area (Å²) in [4.78, 5) is 23.6. The van der Waals surface area contributed by atoms with E-state index >= 15 is 0 Å². The number of nitro groups is 1. The first-order valence-corrected chi connectivity index (χ1v) is 11.2. The van der Waals surface area contributed by atoms with Gasteiger partial charge in [0.1, 0.15) is 11.4 Å². The van der Waals surface area contributed by atoms with Gasteiger partial charge in [0, 0.05) is 5.56 Å². The molecule has 3 aromatic rings. The number of ether oxygens (including phenoxy) is 2. The molecule has 1 amide bonds. The van der Waals surface area contributed by atoms with Crippen molar-refractivity contribution >= 4 is 11.6 Å². The number of nitrogens with one attached hydrogen (secondary N) is 1. The molecule has 1 unspecified atom stereocenters. The van der Waals surface area contributed by atoms with Gasteiger partial charge < -0.3 is 14.8 Å². The fourth-order valence-electron chi connectivity index (χ4n) is 3.74. The number of carbonyl (C=O) groups excluding carboxylic acids is 1. The van der Waals surface area contributed by atoms with Gasteiger partial charge in [-0.1, -0.05) is 18.2 Å². The van der Waals surface area contributed by atoms with Crippen LogP contribution in [0.5, 0.6) is 11.5 Å². The Kier molecular flexibility index (Phi) is 7.88. The highest BCUT2D eigenvalue weighted by Crippen LogP contribution is 2.31. The van der Waals surface area contributed by atoms with Gasteiger partial charge in [-0.05, 0) is 70.0 Å². The molecule has 180 valence electrons. The van der Waals surface area contributed by atoms with Crippen LogP contribution in [0.3, 0.4) is 0 Å². The molecule has 1 aromatic heterocycles. The molecule has 9 heteroatoms. The van der Waals surface area contributed by atoms with Crippen molar-refractivity contribution in [3.63, 3.8) is 0 Å². The van der Waals surface area contributed by atoms with E-state index in [1.54, 1.807) is 30.7 Å². The van der Waals surface area contributed by atoms with E-state index < -0.39 is 4.92 Å². The molecular formula is C25H30N4O5. The summed E-state index contributed by atoms with van der Waals surface area (Å²) in [6.45, 7) is 10.5. The van der Waals surface area contributed by atoms with E-state index in [0.717, 1.165) is 11.1 Å². The minimum Gasteiger partial charge on any atom is -0.490 e. The van der Waals surface area contributed by atoms with Crippen molar-refractivity contribution in [1.29, 1.82) is 0 Å². The fourth-order valence-corrected chi connectivity index (χ4v) is 3.74. The number of aryl methyl sites for hydroxylation is 1. The largest absolute Gasteiger partial charge is 0.490 e. The second-order valence-corrected chi connectivity index (χ2v) is 7.90. The van der Waals surface area contributed by atoms with Crippen molar-refractivity contribution in [3.05, 3.63) is 80.7 Å². The summed E-state index contributed by atoms with van der Waals surface area (Å²) >= 11 is 0. The minimum atomic E-state index is -0.412. The Morgan fingerprint density at radius 1 is 1.09 bits per heavy atom. The Morgan fingerprint density at radius 3 is 2.32 bits per heavy atom. The molecule has 1 atom stereocenters. The molecule has 0 bridgehead atoms. The molecule has 34 heavy (non-hydrogen) atoms. The van der Waals surface area contributed by atoms with Gasteiger partial charge in [-0.3, -0.25) is 19.6 Å². The fraction of sp³-hybridized carbons (Fsp3) is 0.360. The molecule has 9 nitrogen and oxygen atoms in total. The van der Waals surface area contributed by atoms with Crippen molar-refractivity contribution in [2.75, 3.05) is 13.2 Å². The van der Waals surface area contributed by atoms with E-state index in [0.29, 0.717) is 48.2 Å². The molecule has 1 heterocycles. The van der Waals surface area contributed by atoms with Crippen LogP contribution in [0.25, 0.3) is 0 Å². The van der Waals surface area contributed by atoms with Crippen molar-refractivity contribution in [1.82, 2.24) is 15.1 Å². The molecule has 0 saturated carbocycles. The van der Waals surface area contributed by atoms with E-state index in [4.69, 9.17) is 9.47 Å². The molecule has 1 N–H and O–H groups in total. The molecular weight excluding hydrogens is 436 g/mol. The van der Waals surface area contributed by atoms with E-state index in [9.17, 15) is 14.9 Å². The number of aromatic nitrogens is 2. The highest BCUT2D eigenvalue weighted by Gasteiger charge is 2.22. The lowest BCUT2D eigenvalue weighted by molar-refractivity contribution is -0.386. The van der Waals surface area contributed by atoms with Crippen molar-refractivity contribution in [2.24, 2.45) is 0 Å². The molecule has 3 rings (SSSR count). The Morgan fingerprint density at radius 2 is 1.74 bits per heavy atom. The predicted molar refractivity (Wildman–Crippen MR) is 129 cm³/mol. The zero-order chi connectivity index (χ0) is 24.8. The summed E-state index contributed by atoms with van der Waals surface area (Å²) in [7, 11) is 0. The summed E-state index contributed by atoms with van der Waals surface area (Å²) in [5, 5.41) is 18.5. The van der Waals surface area contributed by atoms with Gasteiger partial charge in [0.15, 0.2) is 11.5 Å². The quantitative estimate of drug-likeness (QED) is 0.341. The lowest BCUT2D eigenvalue weighted by Crippen LogP contribution is -2.26. The van der Waals surface area contributed by atoms with Crippen LogP contribution in [0.1, 0.15) is 59.7 Å². The first-order chi connectivity index (χ1) is 16.2. The zero-order valence-electron chi connectivity index (χ0n) is 20.1. The molecule has 0 fully saturated rings. The standard InChI is InChI=1S/C25H30N4O5/c1-6-33-22-13-12-21(14-23(22)34-7-2)16(3)26-25(30)20-10-8-19(9-11-20)15-28-18(5)24(29(31)32)17(4)27-28/h8-14,16H,6-7,15H2,1-5H3,(H,26,30). The Balaban J connectivity index is 1.69. The van der Waals surface area contributed by atoms with Crippen LogP contribution in [0.4, 0.5) is 5.69 Å². The minimum absolute atomic E-state index is 0.0340. The number of rotatable bonds is 10. The Bertz CT molecular complexity index is 1170. The summed E-state index contributed by atoms with van der Waals surface area (Å²) in [6.07, 6.45) is 0. The van der Waals surface area contributed by atoms with Crippen molar-refractivity contribution in [2.45, 2.75) is 47.2 Å². The van der Waals surface area contributed by atoms with Crippen LogP contribution < -0.4 is 14.8 Å². The summed E-state index contributed by atoms with van der Waals surface area (Å²) in [5.74, 6) is 1.12. The third-order valence-electron chi connectivity index (χ3n) is 5.49. The van der Waals surface area contributed by atoms with E-state index in [1.807, 2.05) is 51.1 Å². The Hall–Kier alpha value is -3.88. The monoisotopic (exact) mass is 466 g/mol. The van der Waals surface area contributed by atoms with Gasteiger partial charge in [-0.15, -0.1) is 0 Å². The van der Waals surface area contributed by atoms with Gasteiger partial charge in [-0.25, -0.2) is 0 Å². The summed E-state index contributed by atoms with van der Waals surface area (Å²) in [5.41, 5.74) is 3.23. The number of carbonyl (C=O) groups is 1. The maximum absolute atomic E-state index is 12.8. The van der Waals surface area contributed by atoms with Gasteiger partial charge >= 0.3 is 5.69 Å². The number of hydrogen-bond acceptors (Lipinski definition) is 6. The summed E-state index contributed by atoms with van der Waals surface area (Å²) in [6, 6.07) is 12.5. The molecule has 2 aromatic carbocycles. The maximum Gasteiger partial charge on any atom is 0.312 e. The highest BCUT2D eigenvalue weighted by molar-refractivity contribution is 5.94. The first-order valence-electron chi connectivity index (χ1n) is 11.2. The molecule has 0 radical (unpaired) electrons. The van der Waals surface area contributed by atoms with Crippen LogP contribution in [0, 0.1) is 24.0 Å². The maximum atomic E-state index is 12.8. The van der Waals surface area contributed by atoms with Crippen LogP contribution in [-0.4, -0.2) is 33.8 Å². The molecule has 0 spiro atoms. The lowest BCUT2D eigenvalue weighted by atomic mass is 10.1. The number of benzene rings is 2. The topological polar surface area (TPSA) is 109 Å². The Labute approximate surface area is 198 Å². The average Bonchev–Trinajstić information content (AvgIpc) is 3.08. The van der Waals surface area contributed by atoms with Crippen LogP contribution in [0.2, 0.25) is 0 Å². The number of amides is 1. The van der Waals surface area contributed by atoms with Crippen LogP contribution in [0.15, 0.2) is 42.5 Å². The normalized spacial score (nSPS) is 11.7. The third-order valence-corrected chi connectivity index (χ3v) is 5.49.